The van der Waals surface area contributed by atoms with Crippen LogP contribution in [0.4, 0.5) is 0 Å². The number of nitrogens with two attached hydrogens (primary N) is 1. The van der Waals surface area contributed by atoms with Crippen LogP contribution in [0.1, 0.15) is 16.5 Å². The fourth-order valence-electron chi connectivity index (χ4n) is 1.51. The molecule has 0 aliphatic carbocycles. The predicted molar refractivity (Wildman–Crippen MR) is 71.4 cm³/mol. The molecule has 0 radical (unpaired) electrons. The highest BCUT2D eigenvalue weighted by molar-refractivity contribution is 7.09. The van der Waals surface area contributed by atoms with Crippen LogP contribution in [-0.4, -0.2) is 0 Å². The fourth-order valence-corrected chi connectivity index (χ4v) is 2.58. The highest BCUT2D eigenvalue weighted by atomic mass is 35.5. The molecular formula is C12H11Cl2NS. The van der Waals surface area contributed by atoms with Crippen LogP contribution in [-0.2, 0) is 6.42 Å². The highest BCUT2D eigenvalue weighted by Gasteiger charge is 2.09. The van der Waals surface area contributed by atoms with Gasteiger partial charge in [0.2, 0.25) is 0 Å². The van der Waals surface area contributed by atoms with Gasteiger partial charge in [-0.1, -0.05) is 35.3 Å². The highest BCUT2D eigenvalue weighted by Crippen LogP contribution is 2.26. The minimum absolute atomic E-state index is 0.0339. The van der Waals surface area contributed by atoms with E-state index in [1.54, 1.807) is 17.4 Å². The molecule has 0 spiro atoms. The van der Waals surface area contributed by atoms with Crippen LogP contribution in [0.25, 0.3) is 0 Å². The van der Waals surface area contributed by atoms with Crippen molar-refractivity contribution < 1.29 is 0 Å². The summed E-state index contributed by atoms with van der Waals surface area (Å²) in [6, 6.07) is 9.62. The Balaban J connectivity index is 2.14. The summed E-state index contributed by atoms with van der Waals surface area (Å²) in [7, 11) is 0. The number of halogens is 2. The summed E-state index contributed by atoms with van der Waals surface area (Å²) in [6.07, 6.45) is 0.829. The average Bonchev–Trinajstić information content (AvgIpc) is 2.74. The zero-order chi connectivity index (χ0) is 11.5. The van der Waals surface area contributed by atoms with E-state index in [1.807, 2.05) is 18.2 Å². The lowest BCUT2D eigenvalue weighted by molar-refractivity contribution is 0.730. The Morgan fingerprint density at radius 1 is 1.19 bits per heavy atom. The van der Waals surface area contributed by atoms with Crippen molar-refractivity contribution in [2.45, 2.75) is 12.5 Å². The van der Waals surface area contributed by atoms with E-state index in [9.17, 15) is 0 Å². The van der Waals surface area contributed by atoms with Crippen molar-refractivity contribution in [3.63, 3.8) is 0 Å². The maximum absolute atomic E-state index is 6.11. The molecule has 0 saturated carbocycles. The first kappa shape index (κ1) is 11.9. The molecule has 16 heavy (non-hydrogen) atoms. The Labute approximate surface area is 109 Å². The summed E-state index contributed by atoms with van der Waals surface area (Å²) in [6.45, 7) is 0. The summed E-state index contributed by atoms with van der Waals surface area (Å²) in [5.74, 6) is 0. The second kappa shape index (κ2) is 5.19. The van der Waals surface area contributed by atoms with Crippen LogP contribution in [0.15, 0.2) is 35.7 Å². The van der Waals surface area contributed by atoms with Gasteiger partial charge >= 0.3 is 0 Å². The SMILES string of the molecule is NC(Cc1cccs1)c1ccc(Cl)c(Cl)c1. The molecule has 1 aromatic heterocycles. The predicted octanol–water partition coefficient (Wildman–Crippen LogP) is 4.30. The minimum Gasteiger partial charge on any atom is -0.324 e. The van der Waals surface area contributed by atoms with Gasteiger partial charge in [0.05, 0.1) is 10.0 Å². The van der Waals surface area contributed by atoms with Crippen molar-refractivity contribution in [2.24, 2.45) is 5.73 Å². The van der Waals surface area contributed by atoms with Gasteiger partial charge < -0.3 is 5.73 Å². The number of hydrogen-bond donors (Lipinski definition) is 1. The van der Waals surface area contributed by atoms with E-state index in [2.05, 4.69) is 11.4 Å². The van der Waals surface area contributed by atoms with E-state index in [-0.39, 0.29) is 6.04 Å². The van der Waals surface area contributed by atoms with Crippen LogP contribution in [0.2, 0.25) is 10.0 Å². The van der Waals surface area contributed by atoms with Crippen molar-refractivity contribution in [3.8, 4) is 0 Å². The molecule has 1 atom stereocenters. The average molecular weight is 272 g/mol. The molecule has 0 fully saturated rings. The first-order valence-electron chi connectivity index (χ1n) is 4.89. The monoisotopic (exact) mass is 271 g/mol. The molecule has 84 valence electrons. The van der Waals surface area contributed by atoms with Crippen molar-refractivity contribution in [1.29, 1.82) is 0 Å². The lowest BCUT2D eigenvalue weighted by atomic mass is 10.0. The Morgan fingerprint density at radius 3 is 2.62 bits per heavy atom. The molecule has 4 heteroatoms. The van der Waals surface area contributed by atoms with Crippen molar-refractivity contribution in [1.82, 2.24) is 0 Å². The van der Waals surface area contributed by atoms with Gasteiger partial charge in [-0.3, -0.25) is 0 Å². The number of thiophene rings is 1. The van der Waals surface area contributed by atoms with Crippen LogP contribution < -0.4 is 5.73 Å². The standard InChI is InChI=1S/C12H11Cl2NS/c13-10-4-3-8(6-11(10)14)12(15)7-9-2-1-5-16-9/h1-6,12H,7,15H2. The van der Waals surface area contributed by atoms with Crippen LogP contribution in [0.5, 0.6) is 0 Å². The fraction of sp³-hybridized carbons (Fsp3) is 0.167. The largest absolute Gasteiger partial charge is 0.324 e. The van der Waals surface area contributed by atoms with E-state index in [4.69, 9.17) is 28.9 Å². The van der Waals surface area contributed by atoms with Crippen LogP contribution in [0, 0.1) is 0 Å². The third-order valence-electron chi connectivity index (χ3n) is 2.37. The Morgan fingerprint density at radius 2 is 2.00 bits per heavy atom. The topological polar surface area (TPSA) is 26.0 Å². The zero-order valence-corrected chi connectivity index (χ0v) is 10.8. The second-order valence-electron chi connectivity index (χ2n) is 3.56. The number of rotatable bonds is 3. The van der Waals surface area contributed by atoms with Gasteiger partial charge in [-0.15, -0.1) is 11.3 Å². The summed E-state index contributed by atoms with van der Waals surface area (Å²) in [5, 5.41) is 3.17. The van der Waals surface area contributed by atoms with Crippen molar-refractivity contribution in [2.75, 3.05) is 0 Å². The lowest BCUT2D eigenvalue weighted by Crippen LogP contribution is -2.12. The Bertz CT molecular complexity index is 468. The molecule has 0 aliphatic rings. The molecule has 1 heterocycles. The van der Waals surface area contributed by atoms with Crippen LogP contribution in [0.3, 0.4) is 0 Å². The van der Waals surface area contributed by atoms with Crippen LogP contribution >= 0.6 is 34.5 Å². The normalized spacial score (nSPS) is 12.7. The number of hydrogen-bond acceptors (Lipinski definition) is 2. The summed E-state index contributed by atoms with van der Waals surface area (Å²) >= 11 is 13.5. The Hall–Kier alpha value is -0.540. The smallest absolute Gasteiger partial charge is 0.0595 e. The zero-order valence-electron chi connectivity index (χ0n) is 8.49. The first-order valence-corrected chi connectivity index (χ1v) is 6.53. The van der Waals surface area contributed by atoms with Gasteiger partial charge in [0.15, 0.2) is 0 Å². The molecule has 2 rings (SSSR count). The minimum atomic E-state index is -0.0339. The van der Waals surface area contributed by atoms with E-state index >= 15 is 0 Å². The molecule has 1 unspecified atom stereocenters. The molecule has 0 bridgehead atoms. The quantitative estimate of drug-likeness (QED) is 0.885. The summed E-state index contributed by atoms with van der Waals surface area (Å²) < 4.78 is 0. The van der Waals surface area contributed by atoms with Gasteiger partial charge in [0.1, 0.15) is 0 Å². The molecule has 2 aromatic rings. The van der Waals surface area contributed by atoms with E-state index in [0.29, 0.717) is 10.0 Å². The summed E-state index contributed by atoms with van der Waals surface area (Å²) in [4.78, 5) is 1.28. The maximum atomic E-state index is 6.11. The van der Waals surface area contributed by atoms with E-state index in [1.165, 1.54) is 4.88 Å². The molecule has 0 aliphatic heterocycles. The maximum Gasteiger partial charge on any atom is 0.0595 e. The molecular weight excluding hydrogens is 261 g/mol. The third-order valence-corrected chi connectivity index (χ3v) is 4.01. The van der Waals surface area contributed by atoms with E-state index < -0.39 is 0 Å². The first-order chi connectivity index (χ1) is 7.66. The van der Waals surface area contributed by atoms with Gasteiger partial charge in [0, 0.05) is 17.3 Å². The molecule has 0 amide bonds. The lowest BCUT2D eigenvalue weighted by Gasteiger charge is -2.11. The molecule has 2 N–H and O–H groups in total. The third kappa shape index (κ3) is 2.77. The molecule has 0 saturated heterocycles. The van der Waals surface area contributed by atoms with Crippen molar-refractivity contribution >= 4 is 34.5 Å². The number of benzene rings is 1. The molecule has 1 aromatic carbocycles. The molecule has 1 nitrogen and oxygen atoms in total. The van der Waals surface area contributed by atoms with Gasteiger partial charge in [-0.2, -0.15) is 0 Å². The Kier molecular flexibility index (Phi) is 3.87. The van der Waals surface area contributed by atoms with E-state index in [0.717, 1.165) is 12.0 Å². The van der Waals surface area contributed by atoms with Gasteiger partial charge in [-0.25, -0.2) is 0 Å². The summed E-state index contributed by atoms with van der Waals surface area (Å²) in [5.41, 5.74) is 7.13. The van der Waals surface area contributed by atoms with Gasteiger partial charge in [-0.05, 0) is 29.1 Å². The van der Waals surface area contributed by atoms with Gasteiger partial charge in [0.25, 0.3) is 0 Å². The second-order valence-corrected chi connectivity index (χ2v) is 5.41. The van der Waals surface area contributed by atoms with Crippen molar-refractivity contribution in [3.05, 3.63) is 56.2 Å².